The van der Waals surface area contributed by atoms with Gasteiger partial charge in [0.1, 0.15) is 0 Å². The molecule has 1 aliphatic carbocycles. The third-order valence-corrected chi connectivity index (χ3v) is 5.91. The molecule has 1 aliphatic rings. The fourth-order valence-corrected chi connectivity index (χ4v) is 4.20. The van der Waals surface area contributed by atoms with Crippen molar-refractivity contribution in [2.24, 2.45) is 0 Å². The molecule has 4 rings (SSSR count). The van der Waals surface area contributed by atoms with Crippen LogP contribution in [0.4, 0.5) is 5.69 Å². The van der Waals surface area contributed by atoms with Gasteiger partial charge < -0.3 is 5.32 Å². The summed E-state index contributed by atoms with van der Waals surface area (Å²) in [5, 5.41) is 10.7. The molecule has 1 aromatic heterocycles. The summed E-state index contributed by atoms with van der Waals surface area (Å²) in [4.78, 5) is 0. The predicted octanol–water partition coefficient (Wildman–Crippen LogP) is 7.75. The van der Waals surface area contributed by atoms with Crippen LogP contribution in [0.3, 0.4) is 0 Å². The van der Waals surface area contributed by atoms with Crippen LogP contribution in [0.5, 0.6) is 0 Å². The first kappa shape index (κ1) is 22.1. The first-order chi connectivity index (χ1) is 14.6. The predicted molar refractivity (Wildman–Crippen MR) is 129 cm³/mol. The molecule has 0 radical (unpaired) electrons. The number of anilines is 1. The lowest BCUT2D eigenvalue weighted by molar-refractivity contribution is 0.462. The lowest BCUT2D eigenvalue weighted by Crippen LogP contribution is -2.24. The van der Waals surface area contributed by atoms with Gasteiger partial charge in [0, 0.05) is 17.9 Å². The van der Waals surface area contributed by atoms with Crippen LogP contribution >= 0.6 is 0 Å². The molecule has 30 heavy (non-hydrogen) atoms. The summed E-state index contributed by atoms with van der Waals surface area (Å²) in [5.41, 5.74) is 6.63. The van der Waals surface area contributed by atoms with Gasteiger partial charge in [-0.3, -0.25) is 5.10 Å². The molecule has 3 nitrogen and oxygen atoms in total. The van der Waals surface area contributed by atoms with Crippen molar-refractivity contribution in [1.29, 1.82) is 0 Å². The van der Waals surface area contributed by atoms with E-state index in [0.29, 0.717) is 17.9 Å². The van der Waals surface area contributed by atoms with Crippen molar-refractivity contribution >= 4 is 5.69 Å². The Morgan fingerprint density at radius 2 is 1.43 bits per heavy atom. The lowest BCUT2D eigenvalue weighted by atomic mass is 9.90. The summed E-state index contributed by atoms with van der Waals surface area (Å²) in [7, 11) is 0. The van der Waals surface area contributed by atoms with E-state index in [1.165, 1.54) is 54.5 Å². The third-order valence-electron chi connectivity index (χ3n) is 5.91. The van der Waals surface area contributed by atoms with Crippen molar-refractivity contribution in [3.63, 3.8) is 0 Å². The number of aromatic amines is 1. The minimum absolute atomic E-state index is 0.588. The molecular weight excluding hydrogens is 366 g/mol. The van der Waals surface area contributed by atoms with E-state index in [9.17, 15) is 0 Å². The highest BCUT2D eigenvalue weighted by Gasteiger charge is 2.18. The van der Waals surface area contributed by atoms with E-state index in [4.69, 9.17) is 0 Å². The monoisotopic (exact) mass is 403 g/mol. The van der Waals surface area contributed by atoms with Gasteiger partial charge in [-0.15, -0.1) is 0 Å². The van der Waals surface area contributed by atoms with Crippen molar-refractivity contribution in [2.75, 3.05) is 5.32 Å². The second-order valence-electron chi connectivity index (χ2n) is 8.94. The average molecular weight is 404 g/mol. The zero-order valence-electron chi connectivity index (χ0n) is 19.0. The van der Waals surface area contributed by atoms with Crippen molar-refractivity contribution in [2.45, 2.75) is 77.7 Å². The summed E-state index contributed by atoms with van der Waals surface area (Å²) in [6.07, 6.45) is 8.62. The third kappa shape index (κ3) is 5.98. The minimum atomic E-state index is 0.588. The smallest absolute Gasteiger partial charge is 0.0650 e. The Balaban J connectivity index is 0.000000196. The fraction of sp³-hybridized carbons (Fsp3) is 0.444. The Kier molecular flexibility index (Phi) is 8.12. The molecule has 0 atom stereocenters. The zero-order valence-corrected chi connectivity index (χ0v) is 19.0. The van der Waals surface area contributed by atoms with E-state index in [-0.39, 0.29) is 0 Å². The number of para-hydroxylation sites is 1. The topological polar surface area (TPSA) is 40.7 Å². The molecule has 2 aromatic carbocycles. The molecule has 1 heterocycles. The molecule has 160 valence electrons. The molecule has 0 bridgehead atoms. The molecule has 0 amide bonds. The molecular formula is C27H37N3. The van der Waals surface area contributed by atoms with E-state index < -0.39 is 0 Å². The van der Waals surface area contributed by atoms with E-state index in [0.717, 1.165) is 5.69 Å². The minimum Gasteiger partial charge on any atom is -0.382 e. The average Bonchev–Trinajstić information content (AvgIpc) is 3.30. The maximum absolute atomic E-state index is 3.88. The van der Waals surface area contributed by atoms with E-state index in [1.807, 2.05) is 36.4 Å². The molecule has 1 saturated carbocycles. The van der Waals surface area contributed by atoms with Gasteiger partial charge in [0.15, 0.2) is 0 Å². The van der Waals surface area contributed by atoms with Gasteiger partial charge in [0.25, 0.3) is 0 Å². The standard InChI is InChI=1S/C18H29N.C9H8N2/c1-13(2)16-11-8-12-17(14(3)4)18(16)19-15-9-6-5-7-10-15;1-2-4-8(5-3-1)9-6-7-10-11-9/h8,11-15,19H,5-7,9-10H2,1-4H3;1-7H,(H,10,11). The van der Waals surface area contributed by atoms with Gasteiger partial charge in [-0.05, 0) is 47.4 Å². The summed E-state index contributed by atoms with van der Waals surface area (Å²) < 4.78 is 0. The van der Waals surface area contributed by atoms with E-state index in [1.54, 1.807) is 6.20 Å². The SMILES string of the molecule is CC(C)c1cccc(C(C)C)c1NC1CCCCC1.c1ccc(-c2ccn[nH]2)cc1. The highest BCUT2D eigenvalue weighted by Crippen LogP contribution is 2.34. The summed E-state index contributed by atoms with van der Waals surface area (Å²) in [6.45, 7) is 9.19. The van der Waals surface area contributed by atoms with E-state index >= 15 is 0 Å². The largest absolute Gasteiger partial charge is 0.382 e. The second kappa shape index (κ2) is 11.0. The lowest BCUT2D eigenvalue weighted by Gasteiger charge is -2.28. The van der Waals surface area contributed by atoms with Crippen LogP contribution < -0.4 is 5.32 Å². The summed E-state index contributed by atoms with van der Waals surface area (Å²) >= 11 is 0. The van der Waals surface area contributed by atoms with Crippen LogP contribution in [0.1, 0.15) is 82.8 Å². The Bertz CT molecular complexity index is 834. The van der Waals surface area contributed by atoms with Crippen LogP contribution in [-0.2, 0) is 0 Å². The van der Waals surface area contributed by atoms with Gasteiger partial charge in [-0.1, -0.05) is 95.5 Å². The van der Waals surface area contributed by atoms with Crippen molar-refractivity contribution in [1.82, 2.24) is 10.2 Å². The number of rotatable bonds is 5. The first-order valence-corrected chi connectivity index (χ1v) is 11.5. The fourth-order valence-electron chi connectivity index (χ4n) is 4.20. The Hall–Kier alpha value is -2.55. The van der Waals surface area contributed by atoms with Gasteiger partial charge in [0.05, 0.1) is 5.69 Å². The Labute approximate surface area is 182 Å². The number of benzene rings is 2. The van der Waals surface area contributed by atoms with Crippen LogP contribution in [0.15, 0.2) is 60.8 Å². The van der Waals surface area contributed by atoms with Crippen LogP contribution in [0.2, 0.25) is 0 Å². The number of nitrogens with one attached hydrogen (secondary N) is 2. The van der Waals surface area contributed by atoms with Crippen molar-refractivity contribution < 1.29 is 0 Å². The van der Waals surface area contributed by atoms with Crippen LogP contribution in [0.25, 0.3) is 11.3 Å². The van der Waals surface area contributed by atoms with Gasteiger partial charge in [-0.2, -0.15) is 5.10 Å². The molecule has 0 saturated heterocycles. The highest BCUT2D eigenvalue weighted by molar-refractivity contribution is 5.60. The molecule has 0 aliphatic heterocycles. The molecule has 3 heteroatoms. The molecule has 3 aromatic rings. The van der Waals surface area contributed by atoms with E-state index in [2.05, 4.69) is 61.4 Å². The second-order valence-corrected chi connectivity index (χ2v) is 8.94. The number of hydrogen-bond acceptors (Lipinski definition) is 2. The maximum Gasteiger partial charge on any atom is 0.0650 e. The van der Waals surface area contributed by atoms with Crippen LogP contribution in [0, 0.1) is 0 Å². The number of nitrogens with zero attached hydrogens (tertiary/aromatic N) is 1. The Morgan fingerprint density at radius 3 is 1.97 bits per heavy atom. The first-order valence-electron chi connectivity index (χ1n) is 11.5. The molecule has 2 N–H and O–H groups in total. The van der Waals surface area contributed by atoms with Gasteiger partial charge >= 0.3 is 0 Å². The maximum atomic E-state index is 3.88. The molecule has 0 spiro atoms. The zero-order chi connectivity index (χ0) is 21.3. The summed E-state index contributed by atoms with van der Waals surface area (Å²) in [6, 6.07) is 19.6. The highest BCUT2D eigenvalue weighted by atomic mass is 15.1. The van der Waals surface area contributed by atoms with Gasteiger partial charge in [0.2, 0.25) is 0 Å². The Morgan fingerprint density at radius 1 is 0.800 bits per heavy atom. The molecule has 1 fully saturated rings. The molecule has 0 unspecified atom stereocenters. The number of H-pyrrole nitrogens is 1. The number of hydrogen-bond donors (Lipinski definition) is 2. The van der Waals surface area contributed by atoms with Crippen LogP contribution in [-0.4, -0.2) is 16.2 Å². The van der Waals surface area contributed by atoms with Crippen molar-refractivity contribution in [3.05, 3.63) is 71.9 Å². The normalized spacial score (nSPS) is 14.5. The van der Waals surface area contributed by atoms with Gasteiger partial charge in [-0.25, -0.2) is 0 Å². The number of aromatic nitrogens is 2. The van der Waals surface area contributed by atoms with Crippen molar-refractivity contribution in [3.8, 4) is 11.3 Å². The summed E-state index contributed by atoms with van der Waals surface area (Å²) in [5.74, 6) is 1.18. The quantitative estimate of drug-likeness (QED) is 0.457.